The maximum absolute atomic E-state index is 8.70. The number of nitriles is 1. The van der Waals surface area contributed by atoms with Crippen molar-refractivity contribution in [1.29, 1.82) is 5.26 Å². The number of aryl methyl sites for hydroxylation is 1. The highest BCUT2D eigenvalue weighted by Gasteiger charge is 2.11. The van der Waals surface area contributed by atoms with Gasteiger partial charge in [0.15, 0.2) is 5.69 Å². The minimum Gasteiger partial charge on any atom is -0.393 e. The van der Waals surface area contributed by atoms with Crippen molar-refractivity contribution in [2.45, 2.75) is 39.2 Å². The first-order valence-corrected chi connectivity index (χ1v) is 5.22. The molecular weight excluding hydrogens is 190 g/mol. The van der Waals surface area contributed by atoms with E-state index < -0.39 is 0 Å². The van der Waals surface area contributed by atoms with Crippen LogP contribution in [-0.4, -0.2) is 9.78 Å². The molecule has 0 amide bonds. The molecule has 0 radical (unpaired) electrons. The number of nitrogens with two attached hydrogens (primary N) is 2. The second kappa shape index (κ2) is 5.25. The van der Waals surface area contributed by atoms with Crippen molar-refractivity contribution in [3.05, 3.63) is 5.69 Å². The fraction of sp³-hybridized carbons (Fsp3) is 0.600. The van der Waals surface area contributed by atoms with Gasteiger partial charge in [0.05, 0.1) is 0 Å². The van der Waals surface area contributed by atoms with Gasteiger partial charge >= 0.3 is 0 Å². The van der Waals surface area contributed by atoms with Crippen LogP contribution in [-0.2, 0) is 6.54 Å². The van der Waals surface area contributed by atoms with Gasteiger partial charge in [-0.3, -0.25) is 0 Å². The number of anilines is 2. The molecule has 0 atom stereocenters. The lowest BCUT2D eigenvalue weighted by atomic mass is 10.2. The summed E-state index contributed by atoms with van der Waals surface area (Å²) in [5, 5.41) is 12.7. The molecular formula is C10H17N5. The monoisotopic (exact) mass is 207 g/mol. The van der Waals surface area contributed by atoms with Crippen LogP contribution in [0.15, 0.2) is 0 Å². The highest BCUT2D eigenvalue weighted by atomic mass is 15.3. The Morgan fingerprint density at radius 3 is 2.60 bits per heavy atom. The average Bonchev–Trinajstić information content (AvgIpc) is 2.52. The van der Waals surface area contributed by atoms with Crippen LogP contribution in [0.3, 0.4) is 0 Å². The van der Waals surface area contributed by atoms with Gasteiger partial charge in [-0.2, -0.15) is 10.4 Å². The first-order valence-electron chi connectivity index (χ1n) is 5.22. The zero-order valence-electron chi connectivity index (χ0n) is 9.03. The Morgan fingerprint density at radius 2 is 2.07 bits per heavy atom. The minimum atomic E-state index is 0.225. The van der Waals surface area contributed by atoms with E-state index in [4.69, 9.17) is 16.7 Å². The van der Waals surface area contributed by atoms with Crippen LogP contribution in [0, 0.1) is 11.3 Å². The Kier molecular flexibility index (Phi) is 3.98. The van der Waals surface area contributed by atoms with Gasteiger partial charge < -0.3 is 11.5 Å². The molecule has 0 unspecified atom stereocenters. The second-order valence-electron chi connectivity index (χ2n) is 3.54. The van der Waals surface area contributed by atoms with Crippen LogP contribution < -0.4 is 11.5 Å². The van der Waals surface area contributed by atoms with Gasteiger partial charge in [-0.15, -0.1) is 0 Å². The lowest BCUT2D eigenvalue weighted by molar-refractivity contribution is 0.546. The summed E-state index contributed by atoms with van der Waals surface area (Å²) < 4.78 is 1.61. The standard InChI is InChI=1S/C10H17N5/c1-2-3-4-5-6-15-10(13)9(12)8(7-11)14-15/h2-6,12-13H2,1H3. The number of rotatable bonds is 5. The van der Waals surface area contributed by atoms with Crippen molar-refractivity contribution in [2.75, 3.05) is 11.5 Å². The van der Waals surface area contributed by atoms with E-state index in [0.717, 1.165) is 19.4 Å². The van der Waals surface area contributed by atoms with Crippen LogP contribution in [0.1, 0.15) is 38.3 Å². The summed E-state index contributed by atoms with van der Waals surface area (Å²) >= 11 is 0. The van der Waals surface area contributed by atoms with E-state index in [1.807, 2.05) is 6.07 Å². The molecule has 0 aliphatic carbocycles. The highest BCUT2D eigenvalue weighted by molar-refractivity contribution is 5.65. The number of hydrogen-bond acceptors (Lipinski definition) is 4. The summed E-state index contributed by atoms with van der Waals surface area (Å²) in [5.41, 5.74) is 11.9. The quantitative estimate of drug-likeness (QED) is 0.715. The summed E-state index contributed by atoms with van der Waals surface area (Å²) in [6, 6.07) is 1.92. The zero-order valence-corrected chi connectivity index (χ0v) is 9.03. The SMILES string of the molecule is CCCCCCn1nc(C#N)c(N)c1N. The molecule has 4 N–H and O–H groups in total. The predicted molar refractivity (Wildman–Crippen MR) is 59.9 cm³/mol. The summed E-state index contributed by atoms with van der Waals surface area (Å²) in [4.78, 5) is 0. The van der Waals surface area contributed by atoms with Crippen LogP contribution in [0.25, 0.3) is 0 Å². The van der Waals surface area contributed by atoms with E-state index >= 15 is 0 Å². The smallest absolute Gasteiger partial charge is 0.187 e. The molecule has 0 fully saturated rings. The van der Waals surface area contributed by atoms with Crippen molar-refractivity contribution in [2.24, 2.45) is 0 Å². The van der Waals surface area contributed by atoms with Gasteiger partial charge in [-0.1, -0.05) is 26.2 Å². The molecule has 1 heterocycles. The highest BCUT2D eigenvalue weighted by Crippen LogP contribution is 2.19. The molecule has 82 valence electrons. The molecule has 15 heavy (non-hydrogen) atoms. The molecule has 1 rings (SSSR count). The van der Waals surface area contributed by atoms with Crippen molar-refractivity contribution >= 4 is 11.5 Å². The molecule has 0 spiro atoms. The molecule has 5 nitrogen and oxygen atoms in total. The van der Waals surface area contributed by atoms with E-state index in [1.54, 1.807) is 4.68 Å². The maximum atomic E-state index is 8.70. The molecule has 5 heteroatoms. The van der Waals surface area contributed by atoms with Gasteiger partial charge in [0.25, 0.3) is 0 Å². The molecule has 1 aromatic heterocycles. The molecule has 0 aliphatic heterocycles. The van der Waals surface area contributed by atoms with Crippen LogP contribution in [0.5, 0.6) is 0 Å². The Morgan fingerprint density at radius 1 is 1.33 bits per heavy atom. The Bertz CT molecular complexity index is 361. The van der Waals surface area contributed by atoms with Gasteiger partial charge in [0.1, 0.15) is 17.6 Å². The van der Waals surface area contributed by atoms with Crippen LogP contribution in [0.2, 0.25) is 0 Å². The molecule has 0 saturated carbocycles. The van der Waals surface area contributed by atoms with Gasteiger partial charge in [-0.05, 0) is 6.42 Å². The summed E-state index contributed by atoms with van der Waals surface area (Å²) in [5.74, 6) is 0.406. The number of hydrogen-bond donors (Lipinski definition) is 2. The van der Waals surface area contributed by atoms with Gasteiger partial charge in [0, 0.05) is 6.54 Å². The largest absolute Gasteiger partial charge is 0.393 e. The van der Waals surface area contributed by atoms with Crippen molar-refractivity contribution in [3.8, 4) is 6.07 Å². The Labute approximate surface area is 89.7 Å². The number of nitrogen functional groups attached to an aromatic ring is 2. The maximum Gasteiger partial charge on any atom is 0.187 e. The molecule has 0 saturated heterocycles. The Hall–Kier alpha value is -1.70. The average molecular weight is 207 g/mol. The first kappa shape index (κ1) is 11.4. The van der Waals surface area contributed by atoms with E-state index in [9.17, 15) is 0 Å². The predicted octanol–water partition coefficient (Wildman–Crippen LogP) is 1.50. The molecule has 0 bridgehead atoms. The third-order valence-electron chi connectivity index (χ3n) is 2.36. The van der Waals surface area contributed by atoms with Gasteiger partial charge in [0.2, 0.25) is 0 Å². The third kappa shape index (κ3) is 2.62. The van der Waals surface area contributed by atoms with E-state index in [2.05, 4.69) is 12.0 Å². The van der Waals surface area contributed by atoms with Crippen LogP contribution in [0.4, 0.5) is 11.5 Å². The van der Waals surface area contributed by atoms with Crippen molar-refractivity contribution < 1.29 is 0 Å². The molecule has 0 aromatic carbocycles. The van der Waals surface area contributed by atoms with Gasteiger partial charge in [-0.25, -0.2) is 4.68 Å². The van der Waals surface area contributed by atoms with E-state index in [0.29, 0.717) is 11.5 Å². The normalized spacial score (nSPS) is 10.1. The van der Waals surface area contributed by atoms with E-state index in [-0.39, 0.29) is 5.69 Å². The minimum absolute atomic E-state index is 0.225. The number of aromatic nitrogens is 2. The zero-order chi connectivity index (χ0) is 11.3. The van der Waals surface area contributed by atoms with E-state index in [1.165, 1.54) is 12.8 Å². The summed E-state index contributed by atoms with van der Waals surface area (Å²) in [7, 11) is 0. The third-order valence-corrected chi connectivity index (χ3v) is 2.36. The first-order chi connectivity index (χ1) is 7.20. The fourth-order valence-electron chi connectivity index (χ4n) is 1.43. The van der Waals surface area contributed by atoms with Crippen molar-refractivity contribution in [3.63, 3.8) is 0 Å². The number of unbranched alkanes of at least 4 members (excludes halogenated alkanes) is 3. The lowest BCUT2D eigenvalue weighted by Gasteiger charge is -2.03. The number of nitrogens with zero attached hydrogens (tertiary/aromatic N) is 3. The van der Waals surface area contributed by atoms with Crippen molar-refractivity contribution in [1.82, 2.24) is 9.78 Å². The topological polar surface area (TPSA) is 93.6 Å². The Balaban J connectivity index is 2.59. The summed E-state index contributed by atoms with van der Waals surface area (Å²) in [6.45, 7) is 2.89. The lowest BCUT2D eigenvalue weighted by Crippen LogP contribution is -2.05. The fourth-order valence-corrected chi connectivity index (χ4v) is 1.43. The molecule has 1 aromatic rings. The molecule has 0 aliphatic rings. The second-order valence-corrected chi connectivity index (χ2v) is 3.54. The summed E-state index contributed by atoms with van der Waals surface area (Å²) in [6.07, 6.45) is 4.57. The van der Waals surface area contributed by atoms with Crippen LogP contribution >= 0.6 is 0 Å².